The van der Waals surface area contributed by atoms with E-state index in [1.54, 1.807) is 12.2 Å². The molecule has 1 aliphatic carbocycles. The zero-order valence-corrected chi connectivity index (χ0v) is 7.69. The van der Waals surface area contributed by atoms with E-state index < -0.39 is 11.6 Å². The van der Waals surface area contributed by atoms with E-state index in [4.69, 9.17) is 9.84 Å². The Morgan fingerprint density at radius 3 is 2.85 bits per heavy atom. The minimum Gasteiger partial charge on any atom is -0.479 e. The topological polar surface area (TPSA) is 46.5 Å². The lowest BCUT2D eigenvalue weighted by molar-refractivity contribution is -0.159. The van der Waals surface area contributed by atoms with Crippen molar-refractivity contribution in [2.24, 2.45) is 0 Å². The normalized spacial score (nSPS) is 26.2. The van der Waals surface area contributed by atoms with Gasteiger partial charge in [-0.2, -0.15) is 0 Å². The van der Waals surface area contributed by atoms with Gasteiger partial charge in [0, 0.05) is 13.0 Å². The second-order valence-corrected chi connectivity index (χ2v) is 3.03. The fourth-order valence-electron chi connectivity index (χ4n) is 1.21. The van der Waals surface area contributed by atoms with Crippen LogP contribution >= 0.6 is 0 Å². The fourth-order valence-corrected chi connectivity index (χ4v) is 1.21. The van der Waals surface area contributed by atoms with Gasteiger partial charge in [0.05, 0.1) is 0 Å². The highest BCUT2D eigenvalue weighted by Gasteiger charge is 2.36. The third-order valence-electron chi connectivity index (χ3n) is 1.96. The van der Waals surface area contributed by atoms with Crippen LogP contribution in [-0.2, 0) is 9.53 Å². The van der Waals surface area contributed by atoms with E-state index in [2.05, 4.69) is 0 Å². The Morgan fingerprint density at radius 2 is 2.38 bits per heavy atom. The van der Waals surface area contributed by atoms with E-state index in [0.717, 1.165) is 6.42 Å². The molecule has 1 rings (SSSR count). The average molecular weight is 182 g/mol. The molecule has 0 amide bonds. The van der Waals surface area contributed by atoms with E-state index in [-0.39, 0.29) is 0 Å². The molecule has 13 heavy (non-hydrogen) atoms. The number of carbonyl (C=O) groups is 1. The van der Waals surface area contributed by atoms with E-state index in [1.165, 1.54) is 0 Å². The van der Waals surface area contributed by atoms with Crippen molar-refractivity contribution in [2.45, 2.75) is 25.4 Å². The SMILES string of the molecule is CCCOC1(C(=O)O)C=CC=CC1. The van der Waals surface area contributed by atoms with Crippen LogP contribution in [0.2, 0.25) is 0 Å². The van der Waals surface area contributed by atoms with Crippen molar-refractivity contribution < 1.29 is 14.6 Å². The minimum absolute atomic E-state index is 0.416. The molecule has 0 aromatic carbocycles. The third kappa shape index (κ3) is 2.18. The molecule has 0 saturated heterocycles. The summed E-state index contributed by atoms with van der Waals surface area (Å²) in [6, 6.07) is 0. The first-order valence-electron chi connectivity index (χ1n) is 4.43. The van der Waals surface area contributed by atoms with Crippen LogP contribution in [0, 0.1) is 0 Å². The van der Waals surface area contributed by atoms with Gasteiger partial charge < -0.3 is 9.84 Å². The average Bonchev–Trinajstić information content (AvgIpc) is 2.16. The Labute approximate surface area is 77.7 Å². The van der Waals surface area contributed by atoms with E-state index >= 15 is 0 Å². The maximum Gasteiger partial charge on any atom is 0.340 e. The number of rotatable bonds is 4. The van der Waals surface area contributed by atoms with Crippen LogP contribution in [0.25, 0.3) is 0 Å². The molecule has 72 valence electrons. The van der Waals surface area contributed by atoms with Crippen LogP contribution in [0.3, 0.4) is 0 Å². The number of hydrogen-bond donors (Lipinski definition) is 1. The van der Waals surface area contributed by atoms with Crippen molar-refractivity contribution in [3.8, 4) is 0 Å². The zero-order valence-electron chi connectivity index (χ0n) is 7.69. The van der Waals surface area contributed by atoms with Crippen LogP contribution in [0.5, 0.6) is 0 Å². The number of hydrogen-bond acceptors (Lipinski definition) is 2. The zero-order chi connectivity index (χ0) is 9.73. The second kappa shape index (κ2) is 4.23. The van der Waals surface area contributed by atoms with Crippen LogP contribution in [0.4, 0.5) is 0 Å². The summed E-state index contributed by atoms with van der Waals surface area (Å²) in [4.78, 5) is 11.0. The second-order valence-electron chi connectivity index (χ2n) is 3.03. The lowest BCUT2D eigenvalue weighted by Gasteiger charge is -2.26. The van der Waals surface area contributed by atoms with Crippen molar-refractivity contribution in [2.75, 3.05) is 6.61 Å². The highest BCUT2D eigenvalue weighted by molar-refractivity contribution is 5.81. The summed E-state index contributed by atoms with van der Waals surface area (Å²) in [6.45, 7) is 2.43. The molecule has 0 fully saturated rings. The Kier molecular flexibility index (Phi) is 3.25. The summed E-state index contributed by atoms with van der Waals surface area (Å²) in [5, 5.41) is 9.01. The number of aliphatic carboxylic acids is 1. The molecule has 0 bridgehead atoms. The molecule has 0 aromatic heterocycles. The fraction of sp³-hybridized carbons (Fsp3) is 0.500. The number of carboxylic acid groups (broad SMARTS) is 1. The molecule has 0 aliphatic heterocycles. The first-order chi connectivity index (χ1) is 6.21. The van der Waals surface area contributed by atoms with Gasteiger partial charge >= 0.3 is 5.97 Å². The standard InChI is InChI=1S/C10H14O3/c1-2-8-13-10(9(11)12)6-4-3-5-7-10/h3-6H,2,7-8H2,1H3,(H,11,12). The molecule has 0 saturated carbocycles. The summed E-state index contributed by atoms with van der Waals surface area (Å²) in [5.74, 6) is -0.915. The predicted octanol–water partition coefficient (Wildman–Crippen LogP) is 1.75. The van der Waals surface area contributed by atoms with Crippen LogP contribution in [-0.4, -0.2) is 23.3 Å². The highest BCUT2D eigenvalue weighted by atomic mass is 16.5. The van der Waals surface area contributed by atoms with Crippen molar-refractivity contribution in [3.05, 3.63) is 24.3 Å². The quantitative estimate of drug-likeness (QED) is 0.720. The van der Waals surface area contributed by atoms with Gasteiger partial charge in [-0.1, -0.05) is 25.2 Å². The molecule has 1 N–H and O–H groups in total. The summed E-state index contributed by atoms with van der Waals surface area (Å²) < 4.78 is 5.34. The number of carboxylic acids is 1. The van der Waals surface area contributed by atoms with E-state index in [1.807, 2.05) is 19.1 Å². The Balaban J connectivity index is 2.70. The number of ether oxygens (including phenoxy) is 1. The summed E-state index contributed by atoms with van der Waals surface area (Å²) >= 11 is 0. The third-order valence-corrected chi connectivity index (χ3v) is 1.96. The lowest BCUT2D eigenvalue weighted by atomic mass is 9.95. The predicted molar refractivity (Wildman–Crippen MR) is 49.5 cm³/mol. The molecular formula is C10H14O3. The molecule has 1 aliphatic rings. The molecule has 0 spiro atoms. The largest absolute Gasteiger partial charge is 0.479 e. The Morgan fingerprint density at radius 1 is 1.62 bits per heavy atom. The van der Waals surface area contributed by atoms with Gasteiger partial charge in [-0.3, -0.25) is 0 Å². The first kappa shape index (κ1) is 9.99. The van der Waals surface area contributed by atoms with Gasteiger partial charge in [0.1, 0.15) is 0 Å². The summed E-state index contributed by atoms with van der Waals surface area (Å²) in [6.07, 6.45) is 8.20. The van der Waals surface area contributed by atoms with Crippen LogP contribution in [0.15, 0.2) is 24.3 Å². The smallest absolute Gasteiger partial charge is 0.340 e. The molecule has 0 aromatic rings. The van der Waals surface area contributed by atoms with Gasteiger partial charge in [-0.25, -0.2) is 4.79 Å². The van der Waals surface area contributed by atoms with Gasteiger partial charge in [-0.05, 0) is 12.5 Å². The van der Waals surface area contributed by atoms with Crippen LogP contribution in [0.1, 0.15) is 19.8 Å². The highest BCUT2D eigenvalue weighted by Crippen LogP contribution is 2.22. The monoisotopic (exact) mass is 182 g/mol. The molecule has 1 atom stereocenters. The molecule has 1 unspecified atom stereocenters. The summed E-state index contributed by atoms with van der Waals surface area (Å²) in [7, 11) is 0. The van der Waals surface area contributed by atoms with Gasteiger partial charge in [0.15, 0.2) is 5.60 Å². The maximum absolute atomic E-state index is 11.0. The summed E-state index contributed by atoms with van der Waals surface area (Å²) in [5.41, 5.74) is -1.12. The Bertz CT molecular complexity index is 243. The number of allylic oxidation sites excluding steroid dienone is 2. The van der Waals surface area contributed by atoms with Gasteiger partial charge in [0.2, 0.25) is 0 Å². The molecule has 3 nitrogen and oxygen atoms in total. The molecular weight excluding hydrogens is 168 g/mol. The van der Waals surface area contributed by atoms with Crippen molar-refractivity contribution in [1.82, 2.24) is 0 Å². The van der Waals surface area contributed by atoms with Crippen molar-refractivity contribution in [3.63, 3.8) is 0 Å². The van der Waals surface area contributed by atoms with Crippen molar-refractivity contribution >= 4 is 5.97 Å². The van der Waals surface area contributed by atoms with E-state index in [9.17, 15) is 4.79 Å². The molecule has 0 heterocycles. The lowest BCUT2D eigenvalue weighted by Crippen LogP contribution is -2.40. The van der Waals surface area contributed by atoms with Gasteiger partial charge in [-0.15, -0.1) is 0 Å². The molecule has 3 heteroatoms. The first-order valence-corrected chi connectivity index (χ1v) is 4.43. The molecule has 0 radical (unpaired) electrons. The van der Waals surface area contributed by atoms with Gasteiger partial charge in [0.25, 0.3) is 0 Å². The van der Waals surface area contributed by atoms with Crippen LogP contribution < -0.4 is 0 Å². The maximum atomic E-state index is 11.0. The van der Waals surface area contributed by atoms with E-state index in [0.29, 0.717) is 13.0 Å². The Hall–Kier alpha value is -1.09. The van der Waals surface area contributed by atoms with Crippen molar-refractivity contribution in [1.29, 1.82) is 0 Å². The minimum atomic E-state index is -1.12.